The number of fused-ring (bicyclic) bond motifs is 2. The fraction of sp³-hybridized carbons (Fsp3) is 0.706. The zero-order valence-corrected chi connectivity index (χ0v) is 31.7. The van der Waals surface area contributed by atoms with E-state index in [2.05, 4.69) is 5.32 Å². The number of carboxylic acids is 1. The second-order valence-corrected chi connectivity index (χ2v) is 17.8. The van der Waals surface area contributed by atoms with Gasteiger partial charge >= 0.3 is 5.97 Å². The van der Waals surface area contributed by atoms with E-state index in [0.29, 0.717) is 22.8 Å². The highest BCUT2D eigenvalue weighted by atomic mass is 32.2. The highest BCUT2D eigenvalue weighted by molar-refractivity contribution is 8.04. The van der Waals surface area contributed by atoms with E-state index in [1.807, 2.05) is 13.8 Å². The number of rotatable bonds is 10. The van der Waals surface area contributed by atoms with Crippen molar-refractivity contribution >= 4 is 59.0 Å². The maximum absolute atomic E-state index is 14.8. The molecule has 6 aliphatic heterocycles. The van der Waals surface area contributed by atoms with Gasteiger partial charge in [-0.25, -0.2) is 4.79 Å². The molecule has 51 heavy (non-hydrogen) atoms. The Kier molecular flexibility index (Phi) is 10.1. The van der Waals surface area contributed by atoms with Gasteiger partial charge in [0.05, 0.1) is 42.2 Å². The molecule has 12 atom stereocenters. The van der Waals surface area contributed by atoms with Crippen molar-refractivity contribution in [2.24, 2.45) is 23.7 Å². The van der Waals surface area contributed by atoms with Crippen LogP contribution in [0, 0.1) is 23.7 Å². The van der Waals surface area contributed by atoms with Gasteiger partial charge in [0.2, 0.25) is 23.6 Å². The second kappa shape index (κ2) is 13.7. The number of amides is 5. The zero-order valence-electron chi connectivity index (χ0n) is 30.1. The molecule has 0 aromatic carbocycles. The molecule has 0 unspecified atom stereocenters. The Morgan fingerprint density at radius 3 is 1.76 bits per heavy atom. The molecule has 17 heteroatoms. The van der Waals surface area contributed by atoms with E-state index in [0.717, 1.165) is 0 Å². The Labute approximate surface area is 305 Å². The Morgan fingerprint density at radius 1 is 0.784 bits per heavy atom. The molecule has 0 radical (unpaired) electrons. The molecule has 6 heterocycles. The molecule has 0 bridgehead atoms. The first-order valence-electron chi connectivity index (χ1n) is 17.4. The van der Waals surface area contributed by atoms with Crippen LogP contribution in [0.25, 0.3) is 0 Å². The number of carbonyl (C=O) groups is 6. The SMILES string of the molecule is C[C@@H](O)[C@H]1C(=O)N2C(C(=O)O)=C(S[C@H]3C[C@@H](C(=O)N(C)C)N(C(=O)C4=C(S[C@@H]5CN[C@H](C(=O)N(C)C)C5)[C@H](C)[C@@H]5[C@@H]([C@@H](C)O)C(=O)N45)C3)[C@H](C)[C@H]12. The van der Waals surface area contributed by atoms with Crippen molar-refractivity contribution in [3.05, 3.63) is 21.2 Å². The molecule has 6 aliphatic rings. The number of aliphatic hydroxyl groups excluding tert-OH is 2. The van der Waals surface area contributed by atoms with Gasteiger partial charge in [-0.3, -0.25) is 24.0 Å². The summed E-state index contributed by atoms with van der Waals surface area (Å²) in [4.78, 5) is 88.5. The molecule has 0 spiro atoms. The van der Waals surface area contributed by atoms with Crippen molar-refractivity contribution in [2.45, 2.75) is 87.4 Å². The summed E-state index contributed by atoms with van der Waals surface area (Å²) in [6.07, 6.45) is -1.13. The summed E-state index contributed by atoms with van der Waals surface area (Å²) < 4.78 is 0. The lowest BCUT2D eigenvalue weighted by Gasteiger charge is -2.47. The summed E-state index contributed by atoms with van der Waals surface area (Å²) in [7, 11) is 6.59. The van der Waals surface area contributed by atoms with Crippen molar-refractivity contribution in [2.75, 3.05) is 41.3 Å². The third kappa shape index (κ3) is 5.96. The third-order valence-electron chi connectivity index (χ3n) is 11.3. The number of aliphatic carboxylic acids is 1. The summed E-state index contributed by atoms with van der Waals surface area (Å²) in [5.74, 6) is -4.97. The number of nitrogens with zero attached hydrogens (tertiary/aromatic N) is 5. The van der Waals surface area contributed by atoms with Gasteiger partial charge in [-0.1, -0.05) is 13.8 Å². The van der Waals surface area contributed by atoms with E-state index in [9.17, 15) is 44.1 Å². The first-order valence-corrected chi connectivity index (χ1v) is 19.2. The number of hydrogen-bond acceptors (Lipinski definition) is 11. The van der Waals surface area contributed by atoms with Crippen LogP contribution in [-0.2, 0) is 28.8 Å². The average molecular weight is 749 g/mol. The van der Waals surface area contributed by atoms with E-state index in [4.69, 9.17) is 0 Å². The number of hydrogen-bond donors (Lipinski definition) is 4. The number of nitrogens with one attached hydrogen (secondary N) is 1. The summed E-state index contributed by atoms with van der Waals surface area (Å²) in [5.41, 5.74) is 0.0679. The number of β-lactam (4-membered cyclic amide) rings is 2. The topological polar surface area (TPSA) is 191 Å². The van der Waals surface area contributed by atoms with Crippen molar-refractivity contribution in [3.63, 3.8) is 0 Å². The van der Waals surface area contributed by atoms with Gasteiger partial charge in [0, 0.05) is 73.4 Å². The van der Waals surface area contributed by atoms with Gasteiger partial charge in [0.15, 0.2) is 0 Å². The van der Waals surface area contributed by atoms with Gasteiger partial charge in [0.25, 0.3) is 5.91 Å². The second-order valence-electron chi connectivity index (χ2n) is 15.1. The predicted octanol–water partition coefficient (Wildman–Crippen LogP) is -0.448. The van der Waals surface area contributed by atoms with Crippen molar-refractivity contribution in [3.8, 4) is 0 Å². The number of likely N-dealkylation sites (tertiary alicyclic amines) is 1. The van der Waals surface area contributed by atoms with Crippen LogP contribution < -0.4 is 5.32 Å². The molecule has 4 N–H and O–H groups in total. The van der Waals surface area contributed by atoms with Gasteiger partial charge < -0.3 is 45.1 Å². The molecule has 280 valence electrons. The minimum absolute atomic E-state index is 0.0463. The lowest BCUT2D eigenvalue weighted by molar-refractivity contribution is -0.163. The zero-order chi connectivity index (χ0) is 37.5. The quantitative estimate of drug-likeness (QED) is 0.211. The van der Waals surface area contributed by atoms with Gasteiger partial charge in [0.1, 0.15) is 17.4 Å². The molecule has 4 saturated heterocycles. The van der Waals surface area contributed by atoms with E-state index in [1.165, 1.54) is 54.9 Å². The van der Waals surface area contributed by atoms with Gasteiger partial charge in [-0.05, 0) is 26.7 Å². The van der Waals surface area contributed by atoms with Crippen LogP contribution in [0.1, 0.15) is 40.5 Å². The van der Waals surface area contributed by atoms with E-state index < -0.39 is 65.2 Å². The Balaban J connectivity index is 1.31. The summed E-state index contributed by atoms with van der Waals surface area (Å²) in [5, 5.41) is 33.8. The first-order chi connectivity index (χ1) is 23.9. The van der Waals surface area contributed by atoms with Crippen LogP contribution in [0.15, 0.2) is 21.2 Å². The number of thioether (sulfide) groups is 2. The van der Waals surface area contributed by atoms with Crippen molar-refractivity contribution < 1.29 is 44.1 Å². The van der Waals surface area contributed by atoms with Crippen LogP contribution in [0.2, 0.25) is 0 Å². The largest absolute Gasteiger partial charge is 0.477 e. The third-order valence-corrected chi connectivity index (χ3v) is 14.3. The number of likely N-dealkylation sites (N-methyl/N-ethyl adjacent to an activating group) is 2. The molecule has 6 rings (SSSR count). The highest BCUT2D eigenvalue weighted by Gasteiger charge is 2.63. The van der Waals surface area contributed by atoms with Crippen LogP contribution in [-0.4, -0.2) is 163 Å². The predicted molar refractivity (Wildman–Crippen MR) is 188 cm³/mol. The van der Waals surface area contributed by atoms with E-state index in [-0.39, 0.29) is 65.2 Å². The minimum atomic E-state index is -1.26. The summed E-state index contributed by atoms with van der Waals surface area (Å²) >= 11 is 2.71. The van der Waals surface area contributed by atoms with Crippen LogP contribution >= 0.6 is 23.5 Å². The van der Waals surface area contributed by atoms with Gasteiger partial charge in [-0.2, -0.15) is 0 Å². The number of aliphatic hydroxyl groups is 2. The molecular weight excluding hydrogens is 701 g/mol. The standard InChI is InChI=1S/C34H48N6O9S2/c1-13-23-21(15(3)41)31(45)39(23)25(27(13)50-17-9-19(35-11-17)29(43)36(5)6)33(47)38-12-18(10-20(38)30(44)37(7)8)51-28-14(2)24-22(16(4)42)32(46)40(24)26(28)34(48)49/h13-24,35,41-42H,9-12H2,1-8H3,(H,48,49)/t13-,14-,15-,16-,17+,18+,19+,20+,21-,22-,23-,24-/m1/s1. The molecule has 0 aromatic rings. The van der Waals surface area contributed by atoms with E-state index >= 15 is 0 Å². The lowest BCUT2D eigenvalue weighted by Crippen LogP contribution is -2.64. The van der Waals surface area contributed by atoms with Crippen molar-refractivity contribution in [1.29, 1.82) is 0 Å². The molecule has 0 aromatic heterocycles. The lowest BCUT2D eigenvalue weighted by atomic mass is 9.79. The van der Waals surface area contributed by atoms with Gasteiger partial charge in [-0.15, -0.1) is 23.5 Å². The minimum Gasteiger partial charge on any atom is -0.477 e. The Bertz CT molecular complexity index is 1610. The summed E-state index contributed by atoms with van der Waals surface area (Å²) in [6, 6.07) is -2.21. The number of carbonyl (C=O) groups excluding carboxylic acids is 5. The van der Waals surface area contributed by atoms with Crippen LogP contribution in [0.4, 0.5) is 0 Å². The van der Waals surface area contributed by atoms with E-state index in [1.54, 1.807) is 35.1 Å². The number of carboxylic acid groups (broad SMARTS) is 1. The smallest absolute Gasteiger partial charge is 0.353 e. The fourth-order valence-electron chi connectivity index (χ4n) is 8.78. The van der Waals surface area contributed by atoms with Crippen LogP contribution in [0.3, 0.4) is 0 Å². The fourth-order valence-corrected chi connectivity index (χ4v) is 11.8. The summed E-state index contributed by atoms with van der Waals surface area (Å²) in [6.45, 7) is 7.45. The molecular formula is C34H48N6O9S2. The Hall–Kier alpha value is -3.12. The van der Waals surface area contributed by atoms with Crippen LogP contribution in [0.5, 0.6) is 0 Å². The monoisotopic (exact) mass is 748 g/mol. The molecule has 5 amide bonds. The average Bonchev–Trinajstić information content (AvgIpc) is 3.79. The highest BCUT2D eigenvalue weighted by Crippen LogP contribution is 2.54. The normalized spacial score (nSPS) is 35.5. The Morgan fingerprint density at radius 2 is 1.27 bits per heavy atom. The molecule has 15 nitrogen and oxygen atoms in total. The molecule has 0 aliphatic carbocycles. The first kappa shape index (κ1) is 37.6. The van der Waals surface area contributed by atoms with Crippen molar-refractivity contribution in [1.82, 2.24) is 29.8 Å². The molecule has 0 saturated carbocycles. The maximum atomic E-state index is 14.8. The molecule has 4 fully saturated rings. The maximum Gasteiger partial charge on any atom is 0.353 e.